The lowest BCUT2D eigenvalue weighted by Crippen LogP contribution is -2.48. The van der Waals surface area contributed by atoms with E-state index in [0.717, 1.165) is 67.3 Å². The number of piperazine rings is 1. The van der Waals surface area contributed by atoms with Crippen LogP contribution in [-0.2, 0) is 26.9 Å². The number of ether oxygens (including phenoxy) is 2. The molecule has 10 nitrogen and oxygen atoms in total. The SMILES string of the molecule is COc1ncc(-c2nc(N3CCOCC3)nc3c(CN4CCN(C(C)C)CC4)c(C)sc23)cc1CS(C)(=O)=O. The molecule has 3 aromatic rings. The minimum absolute atomic E-state index is 0.154. The van der Waals surface area contributed by atoms with Crippen LogP contribution >= 0.6 is 11.3 Å². The molecule has 0 spiro atoms. The summed E-state index contributed by atoms with van der Waals surface area (Å²) in [6.45, 7) is 14.4. The average molecular weight is 575 g/mol. The fourth-order valence-electron chi connectivity index (χ4n) is 5.27. The summed E-state index contributed by atoms with van der Waals surface area (Å²) >= 11 is 1.70. The van der Waals surface area contributed by atoms with Gasteiger partial charge in [0.1, 0.15) is 0 Å². The monoisotopic (exact) mass is 574 g/mol. The fraction of sp³-hybridized carbons (Fsp3) is 0.593. The number of pyridine rings is 1. The first-order valence-electron chi connectivity index (χ1n) is 13.4. The van der Waals surface area contributed by atoms with Crippen LogP contribution in [0, 0.1) is 6.92 Å². The Labute approximate surface area is 234 Å². The molecule has 2 aliphatic rings. The standard InChI is InChI=1S/C27H38N6O4S2/c1-18(2)32-8-6-31(7-9-32)16-22-19(3)38-25-23(29-27(30-24(22)25)33-10-12-37-13-11-33)20-14-21(17-39(5,34)35)26(36-4)28-15-20/h14-15,18H,6-13,16-17H2,1-5H3. The largest absolute Gasteiger partial charge is 0.481 e. The van der Waals surface area contributed by atoms with E-state index in [0.29, 0.717) is 36.6 Å². The molecular weight excluding hydrogens is 536 g/mol. The zero-order valence-corrected chi connectivity index (χ0v) is 25.1. The molecule has 0 aliphatic carbocycles. The third-order valence-corrected chi connectivity index (χ3v) is 9.42. The van der Waals surface area contributed by atoms with Crippen molar-refractivity contribution in [2.45, 2.75) is 39.1 Å². The van der Waals surface area contributed by atoms with Crippen LogP contribution < -0.4 is 9.64 Å². The van der Waals surface area contributed by atoms with E-state index in [9.17, 15) is 8.42 Å². The molecule has 0 amide bonds. The highest BCUT2D eigenvalue weighted by atomic mass is 32.2. The Morgan fingerprint density at radius 1 is 1.10 bits per heavy atom. The number of thiophene rings is 1. The summed E-state index contributed by atoms with van der Waals surface area (Å²) in [6, 6.07) is 2.41. The van der Waals surface area contributed by atoms with Crippen LogP contribution in [0.1, 0.15) is 29.9 Å². The van der Waals surface area contributed by atoms with Gasteiger partial charge in [-0.05, 0) is 26.8 Å². The fourth-order valence-corrected chi connectivity index (χ4v) is 7.15. The van der Waals surface area contributed by atoms with Gasteiger partial charge < -0.3 is 14.4 Å². The van der Waals surface area contributed by atoms with Gasteiger partial charge in [0.2, 0.25) is 11.8 Å². The van der Waals surface area contributed by atoms with Crippen LogP contribution in [0.5, 0.6) is 5.88 Å². The Bertz CT molecular complexity index is 1430. The van der Waals surface area contributed by atoms with Gasteiger partial charge in [0.05, 0.1) is 42.0 Å². The zero-order chi connectivity index (χ0) is 27.7. The Kier molecular flexibility index (Phi) is 8.39. The van der Waals surface area contributed by atoms with E-state index in [1.54, 1.807) is 17.5 Å². The van der Waals surface area contributed by atoms with Crippen molar-refractivity contribution in [1.29, 1.82) is 0 Å². The van der Waals surface area contributed by atoms with Gasteiger partial charge in [-0.2, -0.15) is 0 Å². The van der Waals surface area contributed by atoms with Gasteiger partial charge in [-0.15, -0.1) is 11.3 Å². The maximum absolute atomic E-state index is 12.2. The Hall–Kier alpha value is -2.38. The van der Waals surface area contributed by atoms with E-state index in [1.807, 2.05) is 6.07 Å². The molecule has 0 N–H and O–H groups in total. The molecule has 12 heteroatoms. The third-order valence-electron chi connectivity index (χ3n) is 7.44. The maximum atomic E-state index is 12.2. The number of anilines is 1. The molecule has 0 unspecified atom stereocenters. The quantitative estimate of drug-likeness (QED) is 0.399. The number of rotatable bonds is 8. The van der Waals surface area contributed by atoms with E-state index in [1.165, 1.54) is 23.8 Å². The highest BCUT2D eigenvalue weighted by Gasteiger charge is 2.25. The van der Waals surface area contributed by atoms with Crippen LogP contribution in [0.15, 0.2) is 12.3 Å². The van der Waals surface area contributed by atoms with Crippen molar-refractivity contribution >= 4 is 37.3 Å². The summed E-state index contributed by atoms with van der Waals surface area (Å²) in [7, 11) is -1.78. The summed E-state index contributed by atoms with van der Waals surface area (Å²) < 4.78 is 36.3. The number of hydrogen-bond donors (Lipinski definition) is 0. The lowest BCUT2D eigenvalue weighted by Gasteiger charge is -2.37. The molecule has 0 saturated carbocycles. The number of hydrogen-bond acceptors (Lipinski definition) is 11. The first-order chi connectivity index (χ1) is 18.6. The lowest BCUT2D eigenvalue weighted by molar-refractivity contribution is 0.104. The minimum Gasteiger partial charge on any atom is -0.481 e. The number of fused-ring (bicyclic) bond motifs is 1. The van der Waals surface area contributed by atoms with Crippen molar-refractivity contribution in [3.05, 3.63) is 28.3 Å². The third kappa shape index (κ3) is 6.35. The normalized spacial score (nSPS) is 17.8. The number of aromatic nitrogens is 3. The second-order valence-electron chi connectivity index (χ2n) is 10.7. The molecule has 5 heterocycles. The summed E-state index contributed by atoms with van der Waals surface area (Å²) in [5, 5.41) is 0. The predicted molar refractivity (Wildman–Crippen MR) is 156 cm³/mol. The van der Waals surface area contributed by atoms with Gasteiger partial charge in [-0.25, -0.2) is 23.4 Å². The van der Waals surface area contributed by atoms with E-state index in [2.05, 4.69) is 40.5 Å². The first kappa shape index (κ1) is 28.2. The van der Waals surface area contributed by atoms with E-state index >= 15 is 0 Å². The summed E-state index contributed by atoms with van der Waals surface area (Å²) in [6.07, 6.45) is 2.93. The van der Waals surface area contributed by atoms with Crippen LogP contribution in [0.3, 0.4) is 0 Å². The van der Waals surface area contributed by atoms with Crippen LogP contribution in [0.25, 0.3) is 21.5 Å². The smallest absolute Gasteiger partial charge is 0.226 e. The van der Waals surface area contributed by atoms with Crippen LogP contribution in [0.4, 0.5) is 5.95 Å². The minimum atomic E-state index is -3.29. The van der Waals surface area contributed by atoms with Gasteiger partial charge in [0, 0.05) is 85.9 Å². The molecule has 2 saturated heterocycles. The zero-order valence-electron chi connectivity index (χ0n) is 23.4. The highest BCUT2D eigenvalue weighted by Crippen LogP contribution is 2.39. The number of morpholine rings is 1. The van der Waals surface area contributed by atoms with E-state index < -0.39 is 9.84 Å². The second-order valence-corrected chi connectivity index (χ2v) is 14.0. The summed E-state index contributed by atoms with van der Waals surface area (Å²) in [5.74, 6) is 0.829. The molecule has 39 heavy (non-hydrogen) atoms. The highest BCUT2D eigenvalue weighted by molar-refractivity contribution is 7.89. The Balaban J connectivity index is 1.59. The number of methoxy groups -OCH3 is 1. The number of sulfone groups is 1. The molecule has 3 aromatic heterocycles. The molecule has 5 rings (SSSR count). The summed E-state index contributed by atoms with van der Waals surface area (Å²) in [5.41, 5.74) is 4.26. The predicted octanol–water partition coefficient (Wildman–Crippen LogP) is 2.98. The molecule has 2 fully saturated rings. The van der Waals surface area contributed by atoms with Crippen molar-refractivity contribution < 1.29 is 17.9 Å². The first-order valence-corrected chi connectivity index (χ1v) is 16.3. The van der Waals surface area contributed by atoms with Crippen molar-refractivity contribution in [3.63, 3.8) is 0 Å². The van der Waals surface area contributed by atoms with Gasteiger partial charge in [-0.1, -0.05) is 0 Å². The molecule has 0 atom stereocenters. The van der Waals surface area contributed by atoms with Gasteiger partial charge in [-0.3, -0.25) is 9.80 Å². The number of aryl methyl sites for hydroxylation is 1. The van der Waals surface area contributed by atoms with Crippen molar-refractivity contribution in [2.24, 2.45) is 0 Å². The van der Waals surface area contributed by atoms with Crippen molar-refractivity contribution in [2.75, 3.05) is 70.7 Å². The van der Waals surface area contributed by atoms with E-state index in [-0.39, 0.29) is 5.75 Å². The number of nitrogens with zero attached hydrogens (tertiary/aromatic N) is 6. The molecule has 0 bridgehead atoms. The maximum Gasteiger partial charge on any atom is 0.226 e. The topological polar surface area (TPSA) is 101 Å². The Morgan fingerprint density at radius 2 is 1.82 bits per heavy atom. The summed E-state index contributed by atoms with van der Waals surface area (Å²) in [4.78, 5) is 23.1. The van der Waals surface area contributed by atoms with Gasteiger partial charge >= 0.3 is 0 Å². The average Bonchev–Trinajstić information content (AvgIpc) is 3.22. The van der Waals surface area contributed by atoms with Gasteiger partial charge in [0.15, 0.2) is 9.84 Å². The van der Waals surface area contributed by atoms with Crippen LogP contribution in [-0.4, -0.2) is 105 Å². The molecule has 0 radical (unpaired) electrons. The molecule has 0 aromatic carbocycles. The molecule has 212 valence electrons. The van der Waals surface area contributed by atoms with Gasteiger partial charge in [0.25, 0.3) is 0 Å². The van der Waals surface area contributed by atoms with E-state index in [4.69, 9.17) is 19.4 Å². The lowest BCUT2D eigenvalue weighted by atomic mass is 10.1. The Morgan fingerprint density at radius 3 is 2.46 bits per heavy atom. The second kappa shape index (κ2) is 11.6. The van der Waals surface area contributed by atoms with Crippen molar-refractivity contribution in [1.82, 2.24) is 24.8 Å². The molecule has 2 aliphatic heterocycles. The van der Waals surface area contributed by atoms with Crippen molar-refractivity contribution in [3.8, 4) is 17.1 Å². The van der Waals surface area contributed by atoms with Crippen LogP contribution in [0.2, 0.25) is 0 Å². The molecular formula is C27H38N6O4S2.